The minimum absolute atomic E-state index is 0.0357. The molecule has 0 unspecified atom stereocenters. The summed E-state index contributed by atoms with van der Waals surface area (Å²) in [6.45, 7) is 3.71. The quantitative estimate of drug-likeness (QED) is 0.210. The van der Waals surface area contributed by atoms with Crippen molar-refractivity contribution in [2.75, 3.05) is 17.2 Å². The Hall–Kier alpha value is -5.43. The zero-order chi connectivity index (χ0) is 33.0. The average Bonchev–Trinajstić information content (AvgIpc) is 3.57. The molecule has 10 nitrogen and oxygen atoms in total. The third-order valence-electron chi connectivity index (χ3n) is 8.80. The topological polar surface area (TPSA) is 137 Å². The van der Waals surface area contributed by atoms with Crippen LogP contribution in [0.5, 0.6) is 0 Å². The molecular formula is C33H30F3N9O. The van der Waals surface area contributed by atoms with Gasteiger partial charge in [0.2, 0.25) is 0 Å². The predicted molar refractivity (Wildman–Crippen MR) is 167 cm³/mol. The molecule has 0 spiro atoms. The lowest BCUT2D eigenvalue weighted by Crippen LogP contribution is -2.38. The number of nitrogens with zero attached hydrogens (tertiary/aromatic N) is 7. The predicted octanol–water partition coefficient (Wildman–Crippen LogP) is 6.13. The van der Waals surface area contributed by atoms with Crippen LogP contribution in [0.15, 0.2) is 59.8 Å². The van der Waals surface area contributed by atoms with E-state index < -0.39 is 24.2 Å². The molecule has 2 N–H and O–H groups in total. The van der Waals surface area contributed by atoms with E-state index in [-0.39, 0.29) is 33.4 Å². The maximum Gasteiger partial charge on any atom is 0.395 e. The van der Waals surface area contributed by atoms with Gasteiger partial charge in [-0.3, -0.25) is 9.78 Å². The number of benzene rings is 2. The number of hydrogen-bond donors (Lipinski definition) is 2. The molecule has 0 saturated heterocycles. The number of halogens is 3. The summed E-state index contributed by atoms with van der Waals surface area (Å²) in [5, 5.41) is 36.6. The highest BCUT2D eigenvalue weighted by Gasteiger charge is 2.47. The maximum atomic E-state index is 13.7. The van der Waals surface area contributed by atoms with Gasteiger partial charge in [-0.2, -0.15) is 23.7 Å². The highest BCUT2D eigenvalue weighted by Crippen LogP contribution is 2.43. The highest BCUT2D eigenvalue weighted by atomic mass is 19.4. The molecule has 1 aliphatic rings. The van der Waals surface area contributed by atoms with Gasteiger partial charge >= 0.3 is 6.18 Å². The second-order valence-corrected chi connectivity index (χ2v) is 12.6. The zero-order valence-corrected chi connectivity index (χ0v) is 25.6. The molecule has 2 aromatic carbocycles. The fourth-order valence-electron chi connectivity index (χ4n) is 5.37. The number of alkyl halides is 3. The molecule has 1 saturated carbocycles. The van der Waals surface area contributed by atoms with E-state index in [1.807, 2.05) is 29.1 Å². The van der Waals surface area contributed by atoms with Gasteiger partial charge in [0.15, 0.2) is 0 Å². The Kier molecular flexibility index (Phi) is 7.23. The van der Waals surface area contributed by atoms with E-state index in [4.69, 9.17) is 0 Å². The number of hydrogen-bond acceptors (Lipinski definition) is 8. The Morgan fingerprint density at radius 3 is 2.48 bits per heavy atom. The fraction of sp³-hybridized carbons (Fsp3) is 0.333. The smallest absolute Gasteiger partial charge is 0.382 e. The molecule has 0 amide bonds. The summed E-state index contributed by atoms with van der Waals surface area (Å²) in [5.74, 6) is 0. The Morgan fingerprint density at radius 1 is 1.07 bits per heavy atom. The summed E-state index contributed by atoms with van der Waals surface area (Å²) in [4.78, 5) is 17.3. The van der Waals surface area contributed by atoms with Crippen molar-refractivity contribution < 1.29 is 13.2 Å². The molecular weight excluding hydrogens is 595 g/mol. The molecule has 5 aromatic rings. The zero-order valence-electron chi connectivity index (χ0n) is 25.6. The van der Waals surface area contributed by atoms with Crippen LogP contribution in [0, 0.1) is 28.1 Å². The van der Waals surface area contributed by atoms with Gasteiger partial charge in [0, 0.05) is 42.4 Å². The Balaban J connectivity index is 1.51. The molecule has 3 heterocycles. The number of fused-ring (bicyclic) bond motifs is 2. The third kappa shape index (κ3) is 5.28. The van der Waals surface area contributed by atoms with Gasteiger partial charge in [0.05, 0.1) is 45.5 Å². The van der Waals surface area contributed by atoms with Gasteiger partial charge in [-0.05, 0) is 68.8 Å². The van der Waals surface area contributed by atoms with Crippen molar-refractivity contribution >= 4 is 33.1 Å². The lowest BCUT2D eigenvalue weighted by molar-refractivity contribution is -0.206. The van der Waals surface area contributed by atoms with Crippen LogP contribution in [0.25, 0.3) is 21.7 Å². The van der Waals surface area contributed by atoms with Crippen LogP contribution in [-0.2, 0) is 12.6 Å². The number of nitriles is 2. The molecule has 1 atom stereocenters. The van der Waals surface area contributed by atoms with E-state index in [0.29, 0.717) is 27.5 Å². The first-order valence-electron chi connectivity index (χ1n) is 14.6. The van der Waals surface area contributed by atoms with E-state index in [0.717, 1.165) is 32.3 Å². The van der Waals surface area contributed by atoms with Crippen molar-refractivity contribution in [2.45, 2.75) is 51.4 Å². The van der Waals surface area contributed by atoms with Gasteiger partial charge in [-0.15, -0.1) is 5.10 Å². The monoisotopic (exact) mass is 625 g/mol. The van der Waals surface area contributed by atoms with Crippen molar-refractivity contribution in [1.29, 1.82) is 10.5 Å². The van der Waals surface area contributed by atoms with Crippen molar-refractivity contribution in [3.05, 3.63) is 87.7 Å². The van der Waals surface area contributed by atoms with Gasteiger partial charge in [0.1, 0.15) is 17.8 Å². The summed E-state index contributed by atoms with van der Waals surface area (Å²) < 4.78 is 44.5. The van der Waals surface area contributed by atoms with E-state index in [1.54, 1.807) is 37.5 Å². The second kappa shape index (κ2) is 10.9. The van der Waals surface area contributed by atoms with E-state index in [1.165, 1.54) is 10.8 Å². The molecule has 1 fully saturated rings. The van der Waals surface area contributed by atoms with Gasteiger partial charge < -0.3 is 15.2 Å². The van der Waals surface area contributed by atoms with Crippen molar-refractivity contribution in [2.24, 2.45) is 12.5 Å². The summed E-state index contributed by atoms with van der Waals surface area (Å²) in [7, 11) is 1.68. The Bertz CT molecular complexity index is 2150. The molecule has 6 rings (SSSR count). The van der Waals surface area contributed by atoms with Crippen LogP contribution in [0.4, 0.5) is 24.5 Å². The SMILES string of the molecule is Cn1ccc2c([C@H](Nc3cc(C#N)c4ncc(C#N)c(NCC(C)(C)C(F)(F)F)c4c3)c3cn(C4(C)CC4)nn3)cccc2c1=O. The third-order valence-corrected chi connectivity index (χ3v) is 8.80. The van der Waals surface area contributed by atoms with E-state index >= 15 is 0 Å². The molecule has 0 bridgehead atoms. The number of anilines is 2. The standard InChI is InChI=1S/C33H30F3N9O/c1-31(2,33(34,35)36)18-40-28-20(15-38)16-39-27-19(14-37)12-21(13-25(27)28)41-29(26-17-45(43-42-26)32(3)9-10-32)23-6-5-7-24-22(23)8-11-44(4)30(24)46/h5-8,11-13,16-17,29,41H,9-10,18H2,1-4H3,(H,39,40)/t29-/m0/s1. The summed E-state index contributed by atoms with van der Waals surface area (Å²) in [6.07, 6.45) is 2.22. The first-order valence-corrected chi connectivity index (χ1v) is 14.6. The molecule has 234 valence electrons. The Labute approximate surface area is 262 Å². The number of rotatable bonds is 8. The minimum Gasteiger partial charge on any atom is -0.382 e. The fourth-order valence-corrected chi connectivity index (χ4v) is 5.37. The lowest BCUT2D eigenvalue weighted by Gasteiger charge is -2.28. The van der Waals surface area contributed by atoms with Crippen LogP contribution in [-0.4, -0.2) is 37.3 Å². The van der Waals surface area contributed by atoms with Crippen molar-refractivity contribution in [3.8, 4) is 12.1 Å². The molecule has 0 radical (unpaired) electrons. The van der Waals surface area contributed by atoms with Crippen LogP contribution < -0.4 is 16.2 Å². The van der Waals surface area contributed by atoms with Gasteiger partial charge in [-0.25, -0.2) is 4.68 Å². The Morgan fingerprint density at radius 2 is 1.80 bits per heavy atom. The van der Waals surface area contributed by atoms with E-state index in [9.17, 15) is 28.5 Å². The molecule has 13 heteroatoms. The second-order valence-electron chi connectivity index (χ2n) is 12.6. The maximum absolute atomic E-state index is 13.7. The first-order chi connectivity index (χ1) is 21.8. The molecule has 1 aliphatic carbocycles. The number of nitrogens with one attached hydrogen (secondary N) is 2. The summed E-state index contributed by atoms with van der Waals surface area (Å²) in [5.41, 5.74) is -0.120. The van der Waals surface area contributed by atoms with Crippen LogP contribution in [0.3, 0.4) is 0 Å². The van der Waals surface area contributed by atoms with Crippen LogP contribution in [0.2, 0.25) is 0 Å². The van der Waals surface area contributed by atoms with E-state index in [2.05, 4.69) is 38.9 Å². The molecule has 0 aliphatic heterocycles. The largest absolute Gasteiger partial charge is 0.395 e. The number of pyridine rings is 2. The summed E-state index contributed by atoms with van der Waals surface area (Å²) >= 11 is 0. The van der Waals surface area contributed by atoms with Crippen molar-refractivity contribution in [3.63, 3.8) is 0 Å². The van der Waals surface area contributed by atoms with Crippen molar-refractivity contribution in [1.82, 2.24) is 24.5 Å². The van der Waals surface area contributed by atoms with Gasteiger partial charge in [-0.1, -0.05) is 17.3 Å². The number of aryl methyl sites for hydroxylation is 1. The average molecular weight is 626 g/mol. The minimum atomic E-state index is -4.50. The summed E-state index contributed by atoms with van der Waals surface area (Å²) in [6, 6.07) is 14.0. The first kappa shape index (κ1) is 30.6. The van der Waals surface area contributed by atoms with Crippen LogP contribution in [0.1, 0.15) is 62.0 Å². The van der Waals surface area contributed by atoms with Crippen LogP contribution >= 0.6 is 0 Å². The molecule has 3 aromatic heterocycles. The highest BCUT2D eigenvalue weighted by molar-refractivity contribution is 5.99. The lowest BCUT2D eigenvalue weighted by atomic mass is 9.92. The number of aromatic nitrogens is 5. The molecule has 46 heavy (non-hydrogen) atoms. The normalized spacial score (nSPS) is 14.9. The van der Waals surface area contributed by atoms with Gasteiger partial charge in [0.25, 0.3) is 5.56 Å².